The van der Waals surface area contributed by atoms with Crippen molar-refractivity contribution in [3.05, 3.63) is 77.3 Å². The second-order valence-corrected chi connectivity index (χ2v) is 8.44. The van der Waals surface area contributed by atoms with Crippen LogP contribution in [0.25, 0.3) is 0 Å². The Bertz CT molecular complexity index is 1240. The van der Waals surface area contributed by atoms with Gasteiger partial charge in [0.2, 0.25) is 15.9 Å². The highest BCUT2D eigenvalue weighted by atomic mass is 35.5. The lowest BCUT2D eigenvalue weighted by Crippen LogP contribution is -2.17. The molecule has 0 saturated heterocycles. The van der Waals surface area contributed by atoms with E-state index >= 15 is 0 Å². The van der Waals surface area contributed by atoms with Gasteiger partial charge >= 0.3 is 6.61 Å². The molecular weight excluding hydrogens is 466 g/mol. The molecule has 7 nitrogen and oxygen atoms in total. The van der Waals surface area contributed by atoms with E-state index in [0.717, 1.165) is 6.07 Å². The van der Waals surface area contributed by atoms with E-state index in [1.807, 2.05) is 0 Å². The van der Waals surface area contributed by atoms with Gasteiger partial charge in [-0.3, -0.25) is 4.79 Å². The molecule has 0 heterocycles. The average molecular weight is 483 g/mol. The highest BCUT2D eigenvalue weighted by Crippen LogP contribution is 2.32. The zero-order chi connectivity index (χ0) is 23.3. The highest BCUT2D eigenvalue weighted by Gasteiger charge is 2.19. The maximum atomic E-state index is 12.5. The second kappa shape index (κ2) is 9.94. The van der Waals surface area contributed by atoms with Crippen molar-refractivity contribution in [3.8, 4) is 17.2 Å². The van der Waals surface area contributed by atoms with Crippen LogP contribution in [0.2, 0.25) is 5.02 Å². The zero-order valence-corrected chi connectivity index (χ0v) is 17.9. The molecule has 0 aliphatic heterocycles. The number of halogens is 3. The molecule has 32 heavy (non-hydrogen) atoms. The predicted octanol–water partition coefficient (Wildman–Crippen LogP) is 4.56. The van der Waals surface area contributed by atoms with Crippen LogP contribution >= 0.6 is 11.6 Å². The van der Waals surface area contributed by atoms with Crippen molar-refractivity contribution in [2.24, 2.45) is 5.14 Å². The SMILES string of the molecule is NS(=O)(=O)c1cc(NC(=O)Cc2ccccc2OC(F)F)ccc1Oc1cccc(Cl)c1. The van der Waals surface area contributed by atoms with Gasteiger partial charge in [0.15, 0.2) is 0 Å². The number of sulfonamides is 1. The fourth-order valence-corrected chi connectivity index (χ4v) is 3.65. The molecule has 0 aliphatic carbocycles. The van der Waals surface area contributed by atoms with Gasteiger partial charge in [-0.05, 0) is 42.5 Å². The fraction of sp³-hybridized carbons (Fsp3) is 0.0952. The number of hydrogen-bond acceptors (Lipinski definition) is 5. The molecule has 11 heteroatoms. The average Bonchev–Trinajstić information content (AvgIpc) is 2.69. The van der Waals surface area contributed by atoms with Crippen LogP contribution in [-0.2, 0) is 21.2 Å². The van der Waals surface area contributed by atoms with E-state index in [4.69, 9.17) is 21.5 Å². The van der Waals surface area contributed by atoms with Crippen molar-refractivity contribution in [1.29, 1.82) is 0 Å². The molecule has 0 bridgehead atoms. The van der Waals surface area contributed by atoms with Gasteiger partial charge in [-0.2, -0.15) is 8.78 Å². The monoisotopic (exact) mass is 482 g/mol. The standard InChI is InChI=1S/C21H17ClF2N2O5S/c22-14-5-3-6-16(11-14)30-18-9-8-15(12-19(18)32(25,28)29)26-20(27)10-13-4-1-2-7-17(13)31-21(23)24/h1-9,11-12,21H,10H2,(H,26,27)(H2,25,28,29). The van der Waals surface area contributed by atoms with Crippen LogP contribution in [0, 0.1) is 0 Å². The number of amides is 1. The summed E-state index contributed by atoms with van der Waals surface area (Å²) >= 11 is 5.91. The Morgan fingerprint density at radius 3 is 2.47 bits per heavy atom. The molecule has 0 radical (unpaired) electrons. The Kier molecular flexibility index (Phi) is 7.29. The summed E-state index contributed by atoms with van der Waals surface area (Å²) in [4.78, 5) is 12.0. The number of ether oxygens (including phenoxy) is 2. The number of carbonyl (C=O) groups excluding carboxylic acids is 1. The number of anilines is 1. The van der Waals surface area contributed by atoms with Crippen LogP contribution in [0.15, 0.2) is 71.6 Å². The lowest BCUT2D eigenvalue weighted by Gasteiger charge is -2.13. The minimum atomic E-state index is -4.21. The molecule has 0 spiro atoms. The number of hydrogen-bond donors (Lipinski definition) is 2. The van der Waals surface area contributed by atoms with E-state index in [1.165, 1.54) is 36.4 Å². The molecule has 168 valence electrons. The summed E-state index contributed by atoms with van der Waals surface area (Å²) in [5, 5.41) is 8.19. The quantitative estimate of drug-likeness (QED) is 0.489. The van der Waals surface area contributed by atoms with Gasteiger partial charge in [0.1, 0.15) is 22.1 Å². The van der Waals surface area contributed by atoms with Crippen molar-refractivity contribution in [2.45, 2.75) is 17.9 Å². The van der Waals surface area contributed by atoms with Crippen LogP contribution in [0.5, 0.6) is 17.2 Å². The first kappa shape index (κ1) is 23.5. The Morgan fingerprint density at radius 1 is 1.03 bits per heavy atom. The van der Waals surface area contributed by atoms with E-state index in [2.05, 4.69) is 10.1 Å². The number of nitrogens with two attached hydrogens (primary N) is 1. The topological polar surface area (TPSA) is 108 Å². The second-order valence-electron chi connectivity index (χ2n) is 6.48. The molecule has 0 unspecified atom stereocenters. The molecular formula is C21H17ClF2N2O5S. The van der Waals surface area contributed by atoms with Gasteiger partial charge in [-0.15, -0.1) is 0 Å². The number of carbonyl (C=O) groups is 1. The maximum Gasteiger partial charge on any atom is 0.387 e. The minimum absolute atomic E-state index is 0.0663. The van der Waals surface area contributed by atoms with E-state index in [9.17, 15) is 22.0 Å². The number of nitrogens with one attached hydrogen (secondary N) is 1. The molecule has 0 fully saturated rings. The summed E-state index contributed by atoms with van der Waals surface area (Å²) in [6.07, 6.45) is -0.283. The smallest absolute Gasteiger partial charge is 0.387 e. The first-order chi connectivity index (χ1) is 15.1. The highest BCUT2D eigenvalue weighted by molar-refractivity contribution is 7.89. The van der Waals surface area contributed by atoms with Gasteiger partial charge in [-0.1, -0.05) is 35.9 Å². The summed E-state index contributed by atoms with van der Waals surface area (Å²) < 4.78 is 59.2. The first-order valence-corrected chi connectivity index (χ1v) is 11.0. The summed E-state index contributed by atoms with van der Waals surface area (Å²) in [6, 6.07) is 16.0. The van der Waals surface area contributed by atoms with Crippen LogP contribution in [0.3, 0.4) is 0 Å². The third-order valence-electron chi connectivity index (χ3n) is 4.10. The Labute approximate surface area is 187 Å². The summed E-state index contributed by atoms with van der Waals surface area (Å²) in [7, 11) is -4.21. The fourth-order valence-electron chi connectivity index (χ4n) is 2.79. The molecule has 0 saturated carbocycles. The van der Waals surface area contributed by atoms with Crippen molar-refractivity contribution in [3.63, 3.8) is 0 Å². The van der Waals surface area contributed by atoms with Crippen molar-refractivity contribution in [2.75, 3.05) is 5.32 Å². The minimum Gasteiger partial charge on any atom is -0.456 e. The number of alkyl halides is 2. The molecule has 0 aromatic heterocycles. The molecule has 3 aromatic carbocycles. The number of rotatable bonds is 8. The number of benzene rings is 3. The van der Waals surface area contributed by atoms with Crippen molar-refractivity contribution < 1.29 is 31.5 Å². The van der Waals surface area contributed by atoms with E-state index in [-0.39, 0.29) is 39.8 Å². The van der Waals surface area contributed by atoms with E-state index in [0.29, 0.717) is 5.02 Å². The molecule has 3 N–H and O–H groups in total. The summed E-state index contributed by atoms with van der Waals surface area (Å²) in [5.74, 6) is -0.495. The van der Waals surface area contributed by atoms with Crippen LogP contribution < -0.4 is 19.9 Å². The molecule has 3 rings (SSSR count). The number of primary sulfonamides is 1. The largest absolute Gasteiger partial charge is 0.456 e. The van der Waals surface area contributed by atoms with Crippen LogP contribution in [0.4, 0.5) is 14.5 Å². The van der Waals surface area contributed by atoms with Crippen molar-refractivity contribution in [1.82, 2.24) is 0 Å². The number of para-hydroxylation sites is 1. The maximum absolute atomic E-state index is 12.5. The molecule has 1 amide bonds. The van der Waals surface area contributed by atoms with Gasteiger partial charge in [-0.25, -0.2) is 13.6 Å². The molecule has 0 atom stereocenters. The van der Waals surface area contributed by atoms with Crippen molar-refractivity contribution >= 4 is 33.2 Å². The lowest BCUT2D eigenvalue weighted by atomic mass is 10.1. The van der Waals surface area contributed by atoms with E-state index in [1.54, 1.807) is 24.3 Å². The van der Waals surface area contributed by atoms with Crippen LogP contribution in [-0.4, -0.2) is 20.9 Å². The van der Waals surface area contributed by atoms with Gasteiger partial charge in [0, 0.05) is 16.3 Å². The molecule has 3 aromatic rings. The Morgan fingerprint density at radius 2 is 1.78 bits per heavy atom. The lowest BCUT2D eigenvalue weighted by molar-refractivity contribution is -0.115. The summed E-state index contributed by atoms with van der Waals surface area (Å²) in [6.45, 7) is -3.04. The van der Waals surface area contributed by atoms with Gasteiger partial charge in [0.05, 0.1) is 6.42 Å². The van der Waals surface area contributed by atoms with Crippen LogP contribution in [0.1, 0.15) is 5.56 Å². The molecule has 0 aliphatic rings. The van der Waals surface area contributed by atoms with E-state index < -0.39 is 22.5 Å². The Hall–Kier alpha value is -3.21. The predicted molar refractivity (Wildman–Crippen MR) is 115 cm³/mol. The third-order valence-corrected chi connectivity index (χ3v) is 5.26. The normalized spacial score (nSPS) is 11.3. The Balaban J connectivity index is 1.81. The third kappa shape index (κ3) is 6.39. The first-order valence-electron chi connectivity index (χ1n) is 9.04. The zero-order valence-electron chi connectivity index (χ0n) is 16.3. The van der Waals surface area contributed by atoms with Gasteiger partial charge in [0.25, 0.3) is 0 Å². The summed E-state index contributed by atoms with van der Waals surface area (Å²) in [5.41, 5.74) is 0.350. The van der Waals surface area contributed by atoms with Gasteiger partial charge < -0.3 is 14.8 Å².